The smallest absolute Gasteiger partial charge is 0.194 e. The van der Waals surface area contributed by atoms with Gasteiger partial charge in [-0.05, 0) is 66.4 Å². The summed E-state index contributed by atoms with van der Waals surface area (Å²) in [5.41, 5.74) is 5.97. The second kappa shape index (κ2) is 8.86. The molecular weight excluding hydrogens is 398 g/mol. The van der Waals surface area contributed by atoms with E-state index in [4.69, 9.17) is 17.3 Å². The van der Waals surface area contributed by atoms with Gasteiger partial charge in [-0.1, -0.05) is 78.9 Å². The van der Waals surface area contributed by atoms with E-state index < -0.39 is 0 Å². The third-order valence-electron chi connectivity index (χ3n) is 6.02. The van der Waals surface area contributed by atoms with Gasteiger partial charge in [0.15, 0.2) is 5.11 Å². The number of hydrazone groups is 1. The van der Waals surface area contributed by atoms with E-state index in [0.717, 1.165) is 18.5 Å². The molecule has 0 saturated heterocycles. The predicted molar refractivity (Wildman–Crippen MR) is 133 cm³/mol. The van der Waals surface area contributed by atoms with Crippen LogP contribution in [0.15, 0.2) is 102 Å². The van der Waals surface area contributed by atoms with E-state index in [9.17, 15) is 0 Å². The highest BCUT2D eigenvalue weighted by atomic mass is 32.1. The lowest BCUT2D eigenvalue weighted by atomic mass is 9.77. The van der Waals surface area contributed by atoms with Gasteiger partial charge >= 0.3 is 0 Å². The normalized spacial score (nSPS) is 21.5. The number of hydrogen-bond acceptors (Lipinski definition) is 2. The molecule has 154 valence electrons. The van der Waals surface area contributed by atoms with Gasteiger partial charge in [0.1, 0.15) is 0 Å². The summed E-state index contributed by atoms with van der Waals surface area (Å²) in [6.45, 7) is 0. The molecule has 2 aliphatic rings. The Kier molecular flexibility index (Phi) is 5.63. The van der Waals surface area contributed by atoms with Crippen molar-refractivity contribution in [1.82, 2.24) is 5.01 Å². The largest absolute Gasteiger partial charge is 0.331 e. The number of fused-ring (bicyclic) bond motifs is 1. The van der Waals surface area contributed by atoms with E-state index in [0.29, 0.717) is 11.0 Å². The quantitative estimate of drug-likeness (QED) is 0.476. The molecule has 1 fully saturated rings. The van der Waals surface area contributed by atoms with Gasteiger partial charge in [0.2, 0.25) is 0 Å². The zero-order valence-electron chi connectivity index (χ0n) is 17.3. The Morgan fingerprint density at radius 1 is 0.903 bits per heavy atom. The summed E-state index contributed by atoms with van der Waals surface area (Å²) >= 11 is 5.85. The van der Waals surface area contributed by atoms with E-state index in [1.165, 1.54) is 28.8 Å². The first-order chi connectivity index (χ1) is 15.3. The fourth-order valence-electron chi connectivity index (χ4n) is 4.60. The summed E-state index contributed by atoms with van der Waals surface area (Å²) in [6.07, 6.45) is 5.63. The zero-order valence-corrected chi connectivity index (χ0v) is 18.1. The molecule has 0 amide bonds. The first-order valence-corrected chi connectivity index (χ1v) is 11.2. The Morgan fingerprint density at radius 3 is 2.26 bits per heavy atom. The summed E-state index contributed by atoms with van der Waals surface area (Å²) in [4.78, 5) is 0. The molecule has 5 rings (SSSR count). The van der Waals surface area contributed by atoms with Crippen molar-refractivity contribution in [3.05, 3.63) is 108 Å². The standard InChI is InChI=1S/C27H25N3S/c31-27(28-23-16-8-3-9-17-23)30-26(21-13-6-2-7-14-21)24-18-10-15-22(25(24)29-30)19-20-11-4-1-5-12-20/h1-9,11-14,16-17,19,24,26H,10,15,18H2,(H,28,31)/b22-19+/t24-,26+/m0/s1. The van der Waals surface area contributed by atoms with Crippen LogP contribution in [0.5, 0.6) is 0 Å². The monoisotopic (exact) mass is 423 g/mol. The molecule has 0 radical (unpaired) electrons. The lowest BCUT2D eigenvalue weighted by Gasteiger charge is -2.30. The first kappa shape index (κ1) is 19.7. The summed E-state index contributed by atoms with van der Waals surface area (Å²) < 4.78 is 0. The van der Waals surface area contributed by atoms with Gasteiger partial charge in [0.05, 0.1) is 11.8 Å². The van der Waals surface area contributed by atoms with Crippen LogP contribution in [0.1, 0.15) is 36.4 Å². The lowest BCUT2D eigenvalue weighted by molar-refractivity contribution is 0.307. The van der Waals surface area contributed by atoms with Gasteiger partial charge in [0.25, 0.3) is 0 Å². The summed E-state index contributed by atoms with van der Waals surface area (Å²) in [5, 5.41) is 11.2. The first-order valence-electron chi connectivity index (χ1n) is 10.8. The van der Waals surface area contributed by atoms with Crippen LogP contribution in [-0.2, 0) is 0 Å². The van der Waals surface area contributed by atoms with E-state index in [-0.39, 0.29) is 6.04 Å². The third kappa shape index (κ3) is 4.17. The second-order valence-corrected chi connectivity index (χ2v) is 8.45. The Balaban J connectivity index is 1.52. The molecule has 1 aliphatic carbocycles. The van der Waals surface area contributed by atoms with E-state index in [1.54, 1.807) is 0 Å². The number of rotatable bonds is 3. The maximum Gasteiger partial charge on any atom is 0.194 e. The molecular formula is C27H25N3S. The minimum Gasteiger partial charge on any atom is -0.331 e. The minimum absolute atomic E-state index is 0.111. The predicted octanol–water partition coefficient (Wildman–Crippen LogP) is 6.68. The van der Waals surface area contributed by atoms with Crippen molar-refractivity contribution < 1.29 is 0 Å². The van der Waals surface area contributed by atoms with Gasteiger partial charge in [-0.3, -0.25) is 0 Å². The molecule has 3 nitrogen and oxygen atoms in total. The molecule has 0 bridgehead atoms. The van der Waals surface area contributed by atoms with Crippen LogP contribution in [0.4, 0.5) is 5.69 Å². The van der Waals surface area contributed by atoms with Crippen LogP contribution in [0.25, 0.3) is 6.08 Å². The van der Waals surface area contributed by atoms with Crippen molar-refractivity contribution in [2.75, 3.05) is 5.32 Å². The number of para-hydroxylation sites is 1. The molecule has 3 aromatic carbocycles. The second-order valence-electron chi connectivity index (χ2n) is 8.06. The summed E-state index contributed by atoms with van der Waals surface area (Å²) in [7, 11) is 0. The maximum atomic E-state index is 5.85. The van der Waals surface area contributed by atoms with Gasteiger partial charge in [0, 0.05) is 11.6 Å². The highest BCUT2D eigenvalue weighted by Crippen LogP contribution is 2.44. The van der Waals surface area contributed by atoms with Crippen molar-refractivity contribution in [2.45, 2.75) is 25.3 Å². The van der Waals surface area contributed by atoms with Gasteiger partial charge in [-0.25, -0.2) is 5.01 Å². The van der Waals surface area contributed by atoms with Crippen molar-refractivity contribution in [3.8, 4) is 0 Å². The highest BCUT2D eigenvalue weighted by Gasteiger charge is 2.42. The molecule has 1 aliphatic heterocycles. The van der Waals surface area contributed by atoms with Crippen LogP contribution in [0, 0.1) is 5.92 Å². The minimum atomic E-state index is 0.111. The molecule has 1 N–H and O–H groups in total. The molecule has 4 heteroatoms. The van der Waals surface area contributed by atoms with Crippen LogP contribution in [0.2, 0.25) is 0 Å². The molecule has 0 unspecified atom stereocenters. The van der Waals surface area contributed by atoms with Gasteiger partial charge in [-0.15, -0.1) is 0 Å². The molecule has 1 saturated carbocycles. The van der Waals surface area contributed by atoms with Crippen LogP contribution in [-0.4, -0.2) is 15.8 Å². The van der Waals surface area contributed by atoms with Crippen LogP contribution in [0.3, 0.4) is 0 Å². The van der Waals surface area contributed by atoms with Crippen molar-refractivity contribution in [3.63, 3.8) is 0 Å². The SMILES string of the molecule is S=C(Nc1ccccc1)N1N=C2/C(=C/c3ccccc3)CCC[C@@H]2[C@H]1c1ccccc1. The van der Waals surface area contributed by atoms with Gasteiger partial charge < -0.3 is 5.32 Å². The van der Waals surface area contributed by atoms with E-state index in [2.05, 4.69) is 72.1 Å². The maximum absolute atomic E-state index is 5.85. The number of allylic oxidation sites excluding steroid dienone is 1. The molecule has 3 aromatic rings. The lowest BCUT2D eigenvalue weighted by Crippen LogP contribution is -2.34. The number of benzene rings is 3. The Morgan fingerprint density at radius 2 is 1.55 bits per heavy atom. The third-order valence-corrected chi connectivity index (χ3v) is 6.31. The number of thiocarbonyl (C=S) groups is 1. The van der Waals surface area contributed by atoms with Crippen LogP contribution < -0.4 is 5.32 Å². The number of hydrogen-bond donors (Lipinski definition) is 1. The summed E-state index contributed by atoms with van der Waals surface area (Å²) in [5.74, 6) is 0.335. The van der Waals surface area contributed by atoms with Crippen molar-refractivity contribution >= 4 is 34.8 Å². The topological polar surface area (TPSA) is 27.6 Å². The average molecular weight is 424 g/mol. The Labute approximate surface area is 189 Å². The zero-order chi connectivity index (χ0) is 21.0. The van der Waals surface area contributed by atoms with Crippen molar-refractivity contribution in [1.29, 1.82) is 0 Å². The average Bonchev–Trinajstić information content (AvgIpc) is 3.22. The molecule has 2 atom stereocenters. The van der Waals surface area contributed by atoms with Crippen molar-refractivity contribution in [2.24, 2.45) is 11.0 Å². The molecule has 31 heavy (non-hydrogen) atoms. The number of nitrogens with one attached hydrogen (secondary N) is 1. The summed E-state index contributed by atoms with van der Waals surface area (Å²) in [6, 6.07) is 31.4. The van der Waals surface area contributed by atoms with Gasteiger partial charge in [-0.2, -0.15) is 5.10 Å². The number of anilines is 1. The molecule has 0 spiro atoms. The highest BCUT2D eigenvalue weighted by molar-refractivity contribution is 7.80. The number of nitrogens with zero attached hydrogens (tertiary/aromatic N) is 2. The Bertz CT molecular complexity index is 1110. The van der Waals surface area contributed by atoms with E-state index >= 15 is 0 Å². The van der Waals surface area contributed by atoms with E-state index in [1.807, 2.05) is 35.3 Å². The molecule has 0 aromatic heterocycles. The fraction of sp³-hybridized carbons (Fsp3) is 0.185. The fourth-order valence-corrected chi connectivity index (χ4v) is 4.88. The Hall–Kier alpha value is -3.24. The molecule has 1 heterocycles. The van der Waals surface area contributed by atoms with Crippen LogP contribution >= 0.6 is 12.2 Å².